The third kappa shape index (κ3) is 2.92. The molecule has 3 aromatic rings. The van der Waals surface area contributed by atoms with Gasteiger partial charge in [-0.1, -0.05) is 12.1 Å². The fraction of sp³-hybridized carbons (Fsp3) is 0.421. The maximum absolute atomic E-state index is 12.6. The molecule has 6 heteroatoms. The minimum Gasteiger partial charge on any atom is -0.349 e. The third-order valence-electron chi connectivity index (χ3n) is 4.95. The summed E-state index contributed by atoms with van der Waals surface area (Å²) in [5.74, 6) is 1.03. The molecular formula is C19H23N5O. The van der Waals surface area contributed by atoms with Gasteiger partial charge in [-0.15, -0.1) is 0 Å². The van der Waals surface area contributed by atoms with Crippen LogP contribution in [0, 0.1) is 5.92 Å². The lowest BCUT2D eigenvalue weighted by Crippen LogP contribution is -2.35. The number of aryl methyl sites for hydroxylation is 1. The molecular weight excluding hydrogens is 314 g/mol. The molecule has 0 fully saturated rings. The van der Waals surface area contributed by atoms with Gasteiger partial charge in [0, 0.05) is 36.8 Å². The van der Waals surface area contributed by atoms with Gasteiger partial charge in [-0.3, -0.25) is 4.79 Å². The van der Waals surface area contributed by atoms with Gasteiger partial charge in [-0.2, -0.15) is 0 Å². The van der Waals surface area contributed by atoms with Crippen molar-refractivity contribution in [1.82, 2.24) is 24.4 Å². The molecule has 1 aliphatic heterocycles. The van der Waals surface area contributed by atoms with Crippen LogP contribution < -0.4 is 5.32 Å². The van der Waals surface area contributed by atoms with E-state index < -0.39 is 0 Å². The Hall–Kier alpha value is -2.63. The predicted molar refractivity (Wildman–Crippen MR) is 96.0 cm³/mol. The van der Waals surface area contributed by atoms with Crippen LogP contribution in [-0.2, 0) is 24.3 Å². The lowest BCUT2D eigenvalue weighted by molar-refractivity contribution is -0.125. The molecule has 4 rings (SSSR count). The fourth-order valence-corrected chi connectivity index (χ4v) is 3.70. The van der Waals surface area contributed by atoms with E-state index in [-0.39, 0.29) is 11.8 Å². The first kappa shape index (κ1) is 15.9. The molecule has 1 atom stereocenters. The lowest BCUT2D eigenvalue weighted by atomic mass is 9.95. The van der Waals surface area contributed by atoms with Crippen LogP contribution in [0.3, 0.4) is 0 Å². The summed E-state index contributed by atoms with van der Waals surface area (Å²) in [7, 11) is 0. The summed E-state index contributed by atoms with van der Waals surface area (Å²) in [4.78, 5) is 21.5. The van der Waals surface area contributed by atoms with Crippen molar-refractivity contribution < 1.29 is 4.79 Å². The van der Waals surface area contributed by atoms with Gasteiger partial charge in [0.1, 0.15) is 5.82 Å². The zero-order valence-corrected chi connectivity index (χ0v) is 14.6. The lowest BCUT2D eigenvalue weighted by Gasteiger charge is -2.23. The summed E-state index contributed by atoms with van der Waals surface area (Å²) in [6.07, 6.45) is 5.31. The number of carbonyl (C=O) groups is 1. The molecule has 0 saturated heterocycles. The Morgan fingerprint density at radius 2 is 2.20 bits per heavy atom. The van der Waals surface area contributed by atoms with E-state index in [9.17, 15) is 4.79 Å². The first-order valence-corrected chi connectivity index (χ1v) is 8.86. The topological polar surface area (TPSA) is 64.7 Å². The summed E-state index contributed by atoms with van der Waals surface area (Å²) in [6, 6.07) is 8.41. The average molecular weight is 337 g/mol. The second-order valence-electron chi connectivity index (χ2n) is 6.97. The van der Waals surface area contributed by atoms with Crippen molar-refractivity contribution >= 4 is 16.9 Å². The zero-order valence-electron chi connectivity index (χ0n) is 14.6. The normalized spacial score (nSPS) is 17.0. The van der Waals surface area contributed by atoms with Gasteiger partial charge in [0.05, 0.1) is 23.9 Å². The smallest absolute Gasteiger partial charge is 0.223 e. The van der Waals surface area contributed by atoms with E-state index in [4.69, 9.17) is 4.98 Å². The van der Waals surface area contributed by atoms with Crippen LogP contribution in [0.4, 0.5) is 0 Å². The minimum absolute atomic E-state index is 0.0149. The van der Waals surface area contributed by atoms with Gasteiger partial charge in [-0.25, -0.2) is 9.97 Å². The monoisotopic (exact) mass is 337 g/mol. The molecule has 1 amide bonds. The second kappa shape index (κ2) is 6.35. The summed E-state index contributed by atoms with van der Waals surface area (Å²) < 4.78 is 4.33. The Morgan fingerprint density at radius 3 is 3.04 bits per heavy atom. The zero-order chi connectivity index (χ0) is 17.4. The molecule has 25 heavy (non-hydrogen) atoms. The number of hydrogen-bond acceptors (Lipinski definition) is 3. The average Bonchev–Trinajstić information content (AvgIpc) is 3.22. The number of para-hydroxylation sites is 2. The van der Waals surface area contributed by atoms with Crippen molar-refractivity contribution in [3.8, 4) is 0 Å². The maximum Gasteiger partial charge on any atom is 0.223 e. The molecule has 2 aromatic heterocycles. The quantitative estimate of drug-likeness (QED) is 0.796. The van der Waals surface area contributed by atoms with Crippen LogP contribution in [-0.4, -0.2) is 25.0 Å². The summed E-state index contributed by atoms with van der Waals surface area (Å²) in [5.41, 5.74) is 3.23. The number of rotatable bonds is 4. The van der Waals surface area contributed by atoms with Crippen molar-refractivity contribution in [3.05, 3.63) is 48.3 Å². The van der Waals surface area contributed by atoms with Crippen molar-refractivity contribution in [3.63, 3.8) is 0 Å². The van der Waals surface area contributed by atoms with Crippen molar-refractivity contribution in [2.75, 3.05) is 0 Å². The Bertz CT molecular complexity index is 908. The number of fused-ring (bicyclic) bond motifs is 2. The van der Waals surface area contributed by atoms with Crippen molar-refractivity contribution in [1.29, 1.82) is 0 Å². The molecule has 6 nitrogen and oxygen atoms in total. The molecule has 0 radical (unpaired) electrons. The summed E-state index contributed by atoms with van der Waals surface area (Å²) >= 11 is 0. The molecule has 0 aliphatic carbocycles. The second-order valence-corrected chi connectivity index (χ2v) is 6.97. The van der Waals surface area contributed by atoms with Gasteiger partial charge in [-0.05, 0) is 32.4 Å². The van der Waals surface area contributed by atoms with Crippen LogP contribution in [0.1, 0.15) is 37.8 Å². The van der Waals surface area contributed by atoms with E-state index in [1.807, 2.05) is 30.7 Å². The molecule has 0 saturated carbocycles. The Balaban J connectivity index is 1.49. The molecule has 0 bridgehead atoms. The maximum atomic E-state index is 12.6. The largest absolute Gasteiger partial charge is 0.349 e. The van der Waals surface area contributed by atoms with Crippen LogP contribution >= 0.6 is 0 Å². The van der Waals surface area contributed by atoms with E-state index >= 15 is 0 Å². The standard InChI is InChI=1S/C19H23N5O/c1-13(2)24-17-6-4-3-5-16(17)22-18(24)11-21-19(25)14-7-8-23-12-20-10-15(23)9-14/h3-6,10,12-14H,7-9,11H2,1-2H3,(H,21,25). The van der Waals surface area contributed by atoms with E-state index in [0.717, 1.165) is 41.9 Å². The first-order valence-electron chi connectivity index (χ1n) is 8.86. The van der Waals surface area contributed by atoms with Gasteiger partial charge in [0.25, 0.3) is 0 Å². The van der Waals surface area contributed by atoms with Gasteiger partial charge in [0.2, 0.25) is 5.91 Å². The summed E-state index contributed by atoms with van der Waals surface area (Å²) in [5, 5.41) is 3.10. The van der Waals surface area contributed by atoms with E-state index in [0.29, 0.717) is 12.6 Å². The molecule has 3 heterocycles. The first-order chi connectivity index (χ1) is 12.1. The molecule has 1 N–H and O–H groups in total. The number of hydrogen-bond donors (Lipinski definition) is 1. The predicted octanol–water partition coefficient (Wildman–Crippen LogP) is 2.69. The molecule has 1 unspecified atom stereocenters. The van der Waals surface area contributed by atoms with Gasteiger partial charge < -0.3 is 14.5 Å². The number of amides is 1. The van der Waals surface area contributed by atoms with Gasteiger partial charge >= 0.3 is 0 Å². The minimum atomic E-state index is 0.0149. The van der Waals surface area contributed by atoms with Crippen LogP contribution in [0.25, 0.3) is 11.0 Å². The number of aromatic nitrogens is 4. The number of imidazole rings is 2. The number of carbonyl (C=O) groups excluding carboxylic acids is 1. The molecule has 130 valence electrons. The Morgan fingerprint density at radius 1 is 1.36 bits per heavy atom. The molecule has 0 spiro atoms. The van der Waals surface area contributed by atoms with Gasteiger partial charge in [0.15, 0.2) is 0 Å². The third-order valence-corrected chi connectivity index (χ3v) is 4.95. The highest BCUT2D eigenvalue weighted by Crippen LogP contribution is 2.22. The summed E-state index contributed by atoms with van der Waals surface area (Å²) in [6.45, 7) is 5.60. The highest BCUT2D eigenvalue weighted by molar-refractivity contribution is 5.79. The SMILES string of the molecule is CC(C)n1c(CNC(=O)C2CCn3cncc3C2)nc2ccccc21. The molecule has 1 aromatic carbocycles. The van der Waals surface area contributed by atoms with Crippen molar-refractivity contribution in [2.45, 2.75) is 45.8 Å². The number of benzene rings is 1. The highest BCUT2D eigenvalue weighted by atomic mass is 16.1. The Labute approximate surface area is 146 Å². The number of nitrogens with one attached hydrogen (secondary N) is 1. The van der Waals surface area contributed by atoms with E-state index in [1.54, 1.807) is 0 Å². The molecule has 1 aliphatic rings. The highest BCUT2D eigenvalue weighted by Gasteiger charge is 2.25. The van der Waals surface area contributed by atoms with Crippen LogP contribution in [0.5, 0.6) is 0 Å². The Kier molecular flexibility index (Phi) is 4.03. The van der Waals surface area contributed by atoms with Crippen LogP contribution in [0.2, 0.25) is 0 Å². The van der Waals surface area contributed by atoms with Crippen LogP contribution in [0.15, 0.2) is 36.8 Å². The fourth-order valence-electron chi connectivity index (χ4n) is 3.70. The number of nitrogens with zero attached hydrogens (tertiary/aromatic N) is 4. The van der Waals surface area contributed by atoms with E-state index in [2.05, 4.69) is 39.3 Å². The van der Waals surface area contributed by atoms with E-state index in [1.165, 1.54) is 0 Å². The van der Waals surface area contributed by atoms with Crippen molar-refractivity contribution in [2.24, 2.45) is 5.92 Å².